The molecule has 1 unspecified atom stereocenters. The molecule has 4 N–H and O–H groups in total. The van der Waals surface area contributed by atoms with E-state index in [1.165, 1.54) is 12.3 Å². The predicted molar refractivity (Wildman–Crippen MR) is 65.2 cm³/mol. The minimum absolute atomic E-state index is 0.213. The zero-order valence-electron chi connectivity index (χ0n) is 9.61. The maximum absolute atomic E-state index is 11.3. The van der Waals surface area contributed by atoms with Crippen molar-refractivity contribution in [2.75, 3.05) is 11.4 Å². The highest BCUT2D eigenvalue weighted by atomic mass is 32.2. The Balaban J connectivity index is 2.37. The van der Waals surface area contributed by atoms with Crippen molar-refractivity contribution in [2.24, 2.45) is 10.9 Å². The molecule has 1 atom stereocenters. The molecule has 1 saturated heterocycles. The highest BCUT2D eigenvalue weighted by Gasteiger charge is 2.29. The summed E-state index contributed by atoms with van der Waals surface area (Å²) in [5, 5.41) is 4.81. The van der Waals surface area contributed by atoms with Gasteiger partial charge in [-0.25, -0.2) is 18.5 Å². The van der Waals surface area contributed by atoms with Gasteiger partial charge in [-0.15, -0.1) is 0 Å². The fourth-order valence-corrected chi connectivity index (χ4v) is 2.60. The van der Waals surface area contributed by atoms with Crippen LogP contribution in [0.3, 0.4) is 0 Å². The summed E-state index contributed by atoms with van der Waals surface area (Å²) in [7, 11) is -3.85. The van der Waals surface area contributed by atoms with E-state index in [-0.39, 0.29) is 5.03 Å². The van der Waals surface area contributed by atoms with Crippen molar-refractivity contribution in [3.05, 3.63) is 18.3 Å². The van der Waals surface area contributed by atoms with Gasteiger partial charge in [0.2, 0.25) is 5.91 Å². The van der Waals surface area contributed by atoms with E-state index >= 15 is 0 Å². The molecule has 1 aromatic rings. The number of pyridine rings is 1. The first-order chi connectivity index (χ1) is 8.39. The molecule has 0 saturated carbocycles. The van der Waals surface area contributed by atoms with Crippen molar-refractivity contribution in [3.8, 4) is 0 Å². The van der Waals surface area contributed by atoms with Crippen LogP contribution in [0, 0.1) is 0 Å². The molecule has 1 aromatic heterocycles. The Morgan fingerprint density at radius 1 is 1.50 bits per heavy atom. The molecule has 2 rings (SSSR count). The lowest BCUT2D eigenvalue weighted by Crippen LogP contribution is -2.40. The molecule has 7 nitrogen and oxygen atoms in total. The van der Waals surface area contributed by atoms with Crippen LogP contribution in [-0.4, -0.2) is 31.9 Å². The molecule has 1 aliphatic heterocycles. The van der Waals surface area contributed by atoms with Crippen LogP contribution in [0.1, 0.15) is 12.8 Å². The van der Waals surface area contributed by atoms with Gasteiger partial charge in [0.05, 0.1) is 0 Å². The molecule has 1 amide bonds. The number of sulfonamides is 1. The number of anilines is 1. The molecule has 0 bridgehead atoms. The quantitative estimate of drug-likeness (QED) is 0.744. The van der Waals surface area contributed by atoms with Crippen LogP contribution >= 0.6 is 0 Å². The third-order valence-electron chi connectivity index (χ3n) is 2.92. The summed E-state index contributed by atoms with van der Waals surface area (Å²) >= 11 is 0. The van der Waals surface area contributed by atoms with Gasteiger partial charge in [-0.05, 0) is 18.9 Å². The molecule has 98 valence electrons. The Bertz CT molecular complexity index is 572. The van der Waals surface area contributed by atoms with Gasteiger partial charge in [0, 0.05) is 24.5 Å². The molecule has 0 aromatic carbocycles. The van der Waals surface area contributed by atoms with Crippen molar-refractivity contribution in [1.82, 2.24) is 4.98 Å². The monoisotopic (exact) mass is 270 g/mol. The third kappa shape index (κ3) is 2.44. The minimum atomic E-state index is -3.85. The van der Waals surface area contributed by atoms with Gasteiger partial charge in [0.25, 0.3) is 10.0 Å². The van der Waals surface area contributed by atoms with E-state index in [4.69, 9.17) is 10.9 Å². The van der Waals surface area contributed by atoms with Gasteiger partial charge < -0.3 is 10.6 Å². The van der Waals surface area contributed by atoms with Gasteiger partial charge in [0.1, 0.15) is 6.04 Å². The summed E-state index contributed by atoms with van der Waals surface area (Å²) in [6, 6.07) is 2.59. The second kappa shape index (κ2) is 4.54. The Hall–Kier alpha value is -1.67. The number of rotatable bonds is 3. The second-order valence-electron chi connectivity index (χ2n) is 4.15. The fourth-order valence-electron chi connectivity index (χ4n) is 2.10. The lowest BCUT2D eigenvalue weighted by atomic mass is 10.2. The molecule has 0 aliphatic carbocycles. The van der Waals surface area contributed by atoms with Crippen LogP contribution in [0.4, 0.5) is 5.69 Å². The first-order valence-electron chi connectivity index (χ1n) is 5.44. The summed E-state index contributed by atoms with van der Waals surface area (Å²) in [4.78, 5) is 16.8. The second-order valence-corrected chi connectivity index (χ2v) is 5.66. The predicted octanol–water partition coefficient (Wildman–Crippen LogP) is -0.817. The molecule has 0 radical (unpaired) electrons. The first-order valence-corrected chi connectivity index (χ1v) is 6.99. The van der Waals surface area contributed by atoms with Crippen LogP contribution < -0.4 is 15.8 Å². The van der Waals surface area contributed by atoms with Gasteiger partial charge in [-0.2, -0.15) is 0 Å². The molecule has 0 spiro atoms. The van der Waals surface area contributed by atoms with E-state index in [1.807, 2.05) is 0 Å². The van der Waals surface area contributed by atoms with Crippen LogP contribution in [0.25, 0.3) is 0 Å². The van der Waals surface area contributed by atoms with Crippen LogP contribution in [0.15, 0.2) is 23.4 Å². The number of hydrogen-bond donors (Lipinski definition) is 2. The number of primary sulfonamides is 1. The van der Waals surface area contributed by atoms with E-state index in [9.17, 15) is 13.2 Å². The first kappa shape index (κ1) is 12.8. The summed E-state index contributed by atoms with van der Waals surface area (Å²) in [6.45, 7) is 0.654. The Morgan fingerprint density at radius 3 is 2.83 bits per heavy atom. The third-order valence-corrected chi connectivity index (χ3v) is 3.73. The molecule has 1 aliphatic rings. The summed E-state index contributed by atoms with van der Waals surface area (Å²) in [6.07, 6.45) is 2.86. The van der Waals surface area contributed by atoms with E-state index in [1.54, 1.807) is 11.0 Å². The Kier molecular flexibility index (Phi) is 3.22. The average molecular weight is 270 g/mol. The van der Waals surface area contributed by atoms with Crippen LogP contribution in [0.2, 0.25) is 0 Å². The molecule has 8 heteroatoms. The number of nitrogens with two attached hydrogens (primary N) is 2. The van der Waals surface area contributed by atoms with Crippen molar-refractivity contribution in [1.29, 1.82) is 0 Å². The van der Waals surface area contributed by atoms with Gasteiger partial charge >= 0.3 is 0 Å². The lowest BCUT2D eigenvalue weighted by molar-refractivity contribution is -0.119. The highest BCUT2D eigenvalue weighted by molar-refractivity contribution is 7.89. The fraction of sp³-hybridized carbons (Fsp3) is 0.400. The van der Waals surface area contributed by atoms with Crippen LogP contribution in [-0.2, 0) is 14.8 Å². The number of aromatic nitrogens is 1. The standard InChI is InChI=1S/C10H14N4O3S/c11-10(15)8-2-1-5-14(8)7-3-4-13-9(6-7)18(12,16)17/h3-4,6,8H,1-2,5H2,(H2,11,15)(H2,12,16,17). The molecular weight excluding hydrogens is 256 g/mol. The zero-order valence-corrected chi connectivity index (χ0v) is 10.4. The van der Waals surface area contributed by atoms with Gasteiger partial charge in [-0.1, -0.05) is 0 Å². The van der Waals surface area contributed by atoms with Crippen molar-refractivity contribution in [2.45, 2.75) is 23.9 Å². The van der Waals surface area contributed by atoms with Gasteiger partial charge in [0.15, 0.2) is 5.03 Å². The largest absolute Gasteiger partial charge is 0.368 e. The Morgan fingerprint density at radius 2 is 2.22 bits per heavy atom. The topological polar surface area (TPSA) is 119 Å². The van der Waals surface area contributed by atoms with Crippen LogP contribution in [0.5, 0.6) is 0 Å². The highest BCUT2D eigenvalue weighted by Crippen LogP contribution is 2.26. The maximum Gasteiger partial charge on any atom is 0.255 e. The van der Waals surface area contributed by atoms with Crippen molar-refractivity contribution >= 4 is 21.6 Å². The van der Waals surface area contributed by atoms with E-state index < -0.39 is 22.0 Å². The zero-order chi connectivity index (χ0) is 13.3. The molecule has 1 fully saturated rings. The Labute approximate surface area is 105 Å². The van der Waals surface area contributed by atoms with Crippen molar-refractivity contribution < 1.29 is 13.2 Å². The molecule has 2 heterocycles. The number of carbonyl (C=O) groups excluding carboxylic acids is 1. The van der Waals surface area contributed by atoms with Gasteiger partial charge in [-0.3, -0.25) is 4.79 Å². The number of nitrogens with zero attached hydrogens (tertiary/aromatic N) is 2. The van der Waals surface area contributed by atoms with E-state index in [0.717, 1.165) is 6.42 Å². The maximum atomic E-state index is 11.3. The van der Waals surface area contributed by atoms with E-state index in [2.05, 4.69) is 4.98 Å². The number of hydrogen-bond acceptors (Lipinski definition) is 5. The summed E-state index contributed by atoms with van der Waals surface area (Å²) in [5.41, 5.74) is 5.90. The molecular formula is C10H14N4O3S. The number of carbonyl (C=O) groups is 1. The smallest absolute Gasteiger partial charge is 0.255 e. The normalized spacial score (nSPS) is 20.1. The summed E-state index contributed by atoms with van der Waals surface area (Å²) in [5.74, 6) is -0.415. The lowest BCUT2D eigenvalue weighted by Gasteiger charge is -2.24. The van der Waals surface area contributed by atoms with Crippen molar-refractivity contribution in [3.63, 3.8) is 0 Å². The minimum Gasteiger partial charge on any atom is -0.368 e. The van der Waals surface area contributed by atoms with E-state index in [0.29, 0.717) is 18.7 Å². The number of primary amides is 1. The summed E-state index contributed by atoms with van der Waals surface area (Å²) < 4.78 is 22.4. The SMILES string of the molecule is NC(=O)C1CCCN1c1ccnc(S(N)(=O)=O)c1. The number of amides is 1. The average Bonchev–Trinajstić information content (AvgIpc) is 2.77. The molecule has 18 heavy (non-hydrogen) atoms.